The van der Waals surface area contributed by atoms with Gasteiger partial charge < -0.3 is 10.1 Å². The molecule has 1 fully saturated rings. The van der Waals surface area contributed by atoms with Crippen LogP contribution < -0.4 is 10.1 Å². The average Bonchev–Trinajstić information content (AvgIpc) is 3.01. The number of carbonyl (C=O) groups excluding carboxylic acids is 3. The lowest BCUT2D eigenvalue weighted by atomic mass is 10.2. The number of nitro groups is 1. The predicted molar refractivity (Wildman–Crippen MR) is 116 cm³/mol. The minimum atomic E-state index is -2.95. The Balaban J connectivity index is 1.58. The summed E-state index contributed by atoms with van der Waals surface area (Å²) in [5.41, 5.74) is 0.246. The van der Waals surface area contributed by atoms with Gasteiger partial charge in [0.1, 0.15) is 5.75 Å². The highest BCUT2D eigenvalue weighted by Crippen LogP contribution is 2.32. The maximum Gasteiger partial charge on any atom is 0.387 e. The van der Waals surface area contributed by atoms with Crippen LogP contribution in [0.25, 0.3) is 6.08 Å². The van der Waals surface area contributed by atoms with Crippen molar-refractivity contribution in [3.05, 3.63) is 73.6 Å². The molecule has 0 aliphatic carbocycles. The van der Waals surface area contributed by atoms with Crippen LogP contribution in [-0.2, 0) is 4.79 Å². The normalized spacial score (nSPS) is 14.8. The van der Waals surface area contributed by atoms with Crippen LogP contribution >= 0.6 is 23.4 Å². The van der Waals surface area contributed by atoms with E-state index in [1.807, 2.05) is 0 Å². The molecule has 1 heterocycles. The van der Waals surface area contributed by atoms with Gasteiger partial charge in [0.15, 0.2) is 0 Å². The van der Waals surface area contributed by atoms with Crippen molar-refractivity contribution < 1.29 is 32.8 Å². The highest BCUT2D eigenvalue weighted by atomic mass is 35.5. The zero-order valence-corrected chi connectivity index (χ0v) is 18.1. The van der Waals surface area contributed by atoms with Crippen molar-refractivity contribution in [1.29, 1.82) is 0 Å². The molecular weight excluding hydrogens is 484 g/mol. The first-order valence-electron chi connectivity index (χ1n) is 9.18. The number of hydrogen-bond acceptors (Lipinski definition) is 7. The molecule has 0 bridgehead atoms. The number of non-ortho nitro benzene ring substituents is 1. The van der Waals surface area contributed by atoms with Gasteiger partial charge in [0.25, 0.3) is 22.7 Å². The second kappa shape index (κ2) is 10.4. The predicted octanol–water partition coefficient (Wildman–Crippen LogP) is 4.32. The first-order valence-corrected chi connectivity index (χ1v) is 10.4. The van der Waals surface area contributed by atoms with Gasteiger partial charge >= 0.3 is 6.61 Å². The molecule has 0 saturated carbocycles. The number of nitro benzene ring substituents is 1. The third-order valence-corrected chi connectivity index (χ3v) is 5.53. The molecule has 2 aromatic carbocycles. The molecule has 3 amide bonds. The molecule has 1 saturated heterocycles. The quantitative estimate of drug-likeness (QED) is 0.328. The van der Waals surface area contributed by atoms with E-state index in [-0.39, 0.29) is 40.0 Å². The van der Waals surface area contributed by atoms with Crippen molar-refractivity contribution in [2.45, 2.75) is 6.61 Å². The maximum absolute atomic E-state index is 12.5. The molecule has 0 unspecified atom stereocenters. The second-order valence-electron chi connectivity index (χ2n) is 6.46. The number of alkyl halides is 2. The molecule has 0 atom stereocenters. The Morgan fingerprint density at radius 1 is 1.24 bits per heavy atom. The third kappa shape index (κ3) is 6.05. The first kappa shape index (κ1) is 24.1. The SMILES string of the molecule is O=C(NCCN1C(=O)S/C(=C\c2ccc(OC(F)F)cc2)C1=O)c1ccc([N+](=O)[O-])cc1Cl. The number of ether oxygens (including phenoxy) is 1. The van der Waals surface area contributed by atoms with Crippen LogP contribution in [0.2, 0.25) is 5.02 Å². The number of rotatable bonds is 8. The van der Waals surface area contributed by atoms with Gasteiger partial charge in [-0.1, -0.05) is 23.7 Å². The monoisotopic (exact) mass is 497 g/mol. The Morgan fingerprint density at radius 2 is 1.94 bits per heavy atom. The summed E-state index contributed by atoms with van der Waals surface area (Å²) in [7, 11) is 0. The van der Waals surface area contributed by atoms with Crippen LogP contribution in [0.4, 0.5) is 19.3 Å². The highest BCUT2D eigenvalue weighted by molar-refractivity contribution is 8.18. The van der Waals surface area contributed by atoms with Gasteiger partial charge in [-0.3, -0.25) is 29.4 Å². The molecule has 2 aromatic rings. The van der Waals surface area contributed by atoms with Crippen LogP contribution in [0.3, 0.4) is 0 Å². The zero-order chi connectivity index (χ0) is 24.1. The number of carbonyl (C=O) groups is 3. The van der Waals surface area contributed by atoms with Crippen LogP contribution in [0, 0.1) is 10.1 Å². The standard InChI is InChI=1S/C20H14ClF2N3O6S/c21-15-10-12(26(30)31)3-6-14(15)17(27)24-7-8-25-18(28)16(33-20(25)29)9-11-1-4-13(5-2-11)32-19(22)23/h1-6,9-10,19H,7-8H2,(H,24,27)/b16-9-. The summed E-state index contributed by atoms with van der Waals surface area (Å²) >= 11 is 6.61. The van der Waals surface area contributed by atoms with Crippen molar-refractivity contribution in [3.63, 3.8) is 0 Å². The lowest BCUT2D eigenvalue weighted by molar-refractivity contribution is -0.384. The summed E-state index contributed by atoms with van der Waals surface area (Å²) in [6, 6.07) is 8.91. The van der Waals surface area contributed by atoms with Crippen LogP contribution in [0.1, 0.15) is 15.9 Å². The molecule has 1 N–H and O–H groups in total. The van der Waals surface area contributed by atoms with Gasteiger partial charge in [0, 0.05) is 25.2 Å². The number of imide groups is 1. The number of hydrogen-bond donors (Lipinski definition) is 1. The third-order valence-electron chi connectivity index (χ3n) is 4.31. The van der Waals surface area contributed by atoms with Crippen molar-refractivity contribution in [3.8, 4) is 5.75 Å². The van der Waals surface area contributed by atoms with E-state index >= 15 is 0 Å². The number of halogens is 3. The molecule has 0 spiro atoms. The van der Waals surface area contributed by atoms with E-state index in [9.17, 15) is 33.3 Å². The van der Waals surface area contributed by atoms with E-state index in [1.54, 1.807) is 0 Å². The number of benzene rings is 2. The minimum Gasteiger partial charge on any atom is -0.435 e. The smallest absolute Gasteiger partial charge is 0.387 e. The largest absolute Gasteiger partial charge is 0.435 e. The lowest BCUT2D eigenvalue weighted by Gasteiger charge is -2.13. The summed E-state index contributed by atoms with van der Waals surface area (Å²) in [5.74, 6) is -1.23. The Morgan fingerprint density at radius 3 is 2.55 bits per heavy atom. The number of nitrogens with one attached hydrogen (secondary N) is 1. The van der Waals surface area contributed by atoms with Crippen molar-refractivity contribution in [2.75, 3.05) is 13.1 Å². The van der Waals surface area contributed by atoms with Gasteiger partial charge in [0.05, 0.1) is 20.4 Å². The van der Waals surface area contributed by atoms with Gasteiger partial charge in [-0.15, -0.1) is 0 Å². The number of nitrogens with zero attached hydrogens (tertiary/aromatic N) is 2. The fourth-order valence-electron chi connectivity index (χ4n) is 2.77. The fourth-order valence-corrected chi connectivity index (χ4v) is 3.89. The van der Waals surface area contributed by atoms with Gasteiger partial charge in [-0.05, 0) is 41.6 Å². The van der Waals surface area contributed by atoms with E-state index in [0.717, 1.165) is 17.0 Å². The minimum absolute atomic E-state index is 0.00979. The van der Waals surface area contributed by atoms with Gasteiger partial charge in [-0.2, -0.15) is 8.78 Å². The van der Waals surface area contributed by atoms with Crippen molar-refractivity contribution in [2.24, 2.45) is 0 Å². The molecule has 0 radical (unpaired) electrons. The molecule has 172 valence electrons. The van der Waals surface area contributed by atoms with Gasteiger partial charge in [0.2, 0.25) is 0 Å². The molecule has 33 heavy (non-hydrogen) atoms. The van der Waals surface area contributed by atoms with Gasteiger partial charge in [-0.25, -0.2) is 0 Å². The Hall–Kier alpha value is -3.51. The average molecular weight is 498 g/mol. The van der Waals surface area contributed by atoms with E-state index in [0.29, 0.717) is 17.3 Å². The molecule has 3 rings (SSSR count). The van der Waals surface area contributed by atoms with E-state index in [1.165, 1.54) is 36.4 Å². The van der Waals surface area contributed by atoms with Crippen LogP contribution in [-0.4, -0.2) is 46.6 Å². The zero-order valence-electron chi connectivity index (χ0n) is 16.5. The summed E-state index contributed by atoms with van der Waals surface area (Å²) in [6.45, 7) is -3.14. The highest BCUT2D eigenvalue weighted by Gasteiger charge is 2.34. The maximum atomic E-state index is 12.5. The first-order chi connectivity index (χ1) is 15.7. The fraction of sp³-hybridized carbons (Fsp3) is 0.150. The Bertz CT molecular complexity index is 1140. The van der Waals surface area contributed by atoms with Crippen LogP contribution in [0.15, 0.2) is 47.4 Å². The lowest BCUT2D eigenvalue weighted by Crippen LogP contribution is -2.37. The summed E-state index contributed by atoms with van der Waals surface area (Å²) in [6.07, 6.45) is 1.44. The number of amides is 3. The molecule has 0 aromatic heterocycles. The van der Waals surface area contributed by atoms with Crippen LogP contribution in [0.5, 0.6) is 5.75 Å². The van der Waals surface area contributed by atoms with Crippen molar-refractivity contribution >= 4 is 52.2 Å². The van der Waals surface area contributed by atoms with Crippen molar-refractivity contribution in [1.82, 2.24) is 10.2 Å². The number of thioether (sulfide) groups is 1. The summed E-state index contributed by atoms with van der Waals surface area (Å²) in [4.78, 5) is 48.2. The molecule has 9 nitrogen and oxygen atoms in total. The summed E-state index contributed by atoms with van der Waals surface area (Å²) < 4.78 is 28.7. The van der Waals surface area contributed by atoms with E-state index in [4.69, 9.17) is 11.6 Å². The Kier molecular flexibility index (Phi) is 7.61. The summed E-state index contributed by atoms with van der Waals surface area (Å²) in [5, 5.41) is 12.6. The molecule has 1 aliphatic rings. The van der Waals surface area contributed by atoms with E-state index in [2.05, 4.69) is 10.1 Å². The Labute approximate surface area is 194 Å². The second-order valence-corrected chi connectivity index (χ2v) is 7.86. The topological polar surface area (TPSA) is 119 Å². The van der Waals surface area contributed by atoms with E-state index < -0.39 is 28.6 Å². The molecular formula is C20H14ClF2N3O6S. The molecule has 13 heteroatoms. The molecule has 1 aliphatic heterocycles.